The monoisotopic (exact) mass is 528 g/mol. The van der Waals surface area contributed by atoms with Gasteiger partial charge in [-0.2, -0.15) is 8.42 Å². The highest BCUT2D eigenvalue weighted by Crippen LogP contribution is 2.68. The fraction of sp³-hybridized carbons (Fsp3) is 1.00. The van der Waals surface area contributed by atoms with Crippen LogP contribution in [0.2, 0.25) is 0 Å². The largest absolute Gasteiger partial charge is 0.397 e. The van der Waals surface area contributed by atoms with Crippen LogP contribution in [0.1, 0.15) is 106 Å². The van der Waals surface area contributed by atoms with Gasteiger partial charge in [0.25, 0.3) is 0 Å². The first-order valence-electron chi connectivity index (χ1n) is 14.6. The van der Waals surface area contributed by atoms with Gasteiger partial charge in [-0.25, -0.2) is 4.18 Å². The molecule has 0 radical (unpaired) electrons. The molecule has 6 nitrogen and oxygen atoms in total. The molecule has 4 saturated carbocycles. The lowest BCUT2D eigenvalue weighted by Gasteiger charge is -2.62. The highest BCUT2D eigenvalue weighted by molar-refractivity contribution is 7.80. The first kappa shape index (κ1) is 28.8. The molecule has 4 aliphatic carbocycles. The van der Waals surface area contributed by atoms with E-state index >= 15 is 0 Å². The Kier molecular flexibility index (Phi) is 8.06. The third kappa shape index (κ3) is 4.94. The van der Waals surface area contributed by atoms with Gasteiger partial charge in [-0.15, -0.1) is 0 Å². The van der Waals surface area contributed by atoms with Gasteiger partial charge in [0.1, 0.15) is 5.60 Å². The molecule has 0 bridgehead atoms. The van der Waals surface area contributed by atoms with Crippen molar-refractivity contribution in [3.05, 3.63) is 0 Å². The second-order valence-electron chi connectivity index (χ2n) is 14.3. The van der Waals surface area contributed by atoms with Crippen LogP contribution in [0.3, 0.4) is 0 Å². The van der Waals surface area contributed by atoms with Gasteiger partial charge in [-0.05, 0) is 116 Å². The maximum absolute atomic E-state index is 11.6. The highest BCUT2D eigenvalue weighted by atomic mass is 32.3. The SMILES string of the molecule is CC(C)C(CO)(CC[C@@H](C)C1CCC2C3C(O)C[C@H]4C[C@@H](C)CC[C@]4(C)C3CC[C@@]21C)OS(=O)(=O)O. The Morgan fingerprint density at radius 2 is 1.64 bits per heavy atom. The zero-order chi connectivity index (χ0) is 26.7. The molecule has 3 N–H and O–H groups in total. The minimum atomic E-state index is -4.66. The summed E-state index contributed by atoms with van der Waals surface area (Å²) in [5.41, 5.74) is -0.761. The third-order valence-corrected chi connectivity index (χ3v) is 12.9. The second kappa shape index (κ2) is 10.1. The highest BCUT2D eigenvalue weighted by Gasteiger charge is 2.62. The van der Waals surface area contributed by atoms with Crippen molar-refractivity contribution in [2.24, 2.45) is 58.2 Å². The van der Waals surface area contributed by atoms with Crippen LogP contribution in [-0.2, 0) is 14.6 Å². The maximum atomic E-state index is 11.6. The van der Waals surface area contributed by atoms with Crippen molar-refractivity contribution in [2.75, 3.05) is 6.61 Å². The van der Waals surface area contributed by atoms with Crippen molar-refractivity contribution < 1.29 is 27.4 Å². The maximum Gasteiger partial charge on any atom is 0.397 e. The predicted molar refractivity (Wildman–Crippen MR) is 141 cm³/mol. The third-order valence-electron chi connectivity index (χ3n) is 12.3. The van der Waals surface area contributed by atoms with Crippen LogP contribution >= 0.6 is 0 Å². The van der Waals surface area contributed by atoms with Crippen molar-refractivity contribution in [1.82, 2.24) is 0 Å². The molecule has 0 aromatic carbocycles. The predicted octanol–water partition coefficient (Wildman–Crippen LogP) is 5.88. The van der Waals surface area contributed by atoms with Crippen LogP contribution in [0.25, 0.3) is 0 Å². The second-order valence-corrected chi connectivity index (χ2v) is 15.3. The first-order chi connectivity index (χ1) is 16.7. The number of hydrogen-bond acceptors (Lipinski definition) is 5. The van der Waals surface area contributed by atoms with Crippen LogP contribution in [0, 0.1) is 58.2 Å². The van der Waals surface area contributed by atoms with E-state index in [0.717, 1.165) is 31.6 Å². The van der Waals surface area contributed by atoms with E-state index in [4.69, 9.17) is 4.18 Å². The van der Waals surface area contributed by atoms with Gasteiger partial charge in [0.05, 0.1) is 12.7 Å². The molecule has 0 aromatic rings. The molecule has 0 aliphatic heterocycles. The Balaban J connectivity index is 1.50. The van der Waals surface area contributed by atoms with E-state index in [1.165, 1.54) is 32.1 Å². The summed E-state index contributed by atoms with van der Waals surface area (Å²) in [7, 11) is -4.66. The molecule has 0 spiro atoms. The molecule has 4 aliphatic rings. The van der Waals surface area contributed by atoms with Crippen molar-refractivity contribution in [3.63, 3.8) is 0 Å². The average Bonchev–Trinajstić information content (AvgIpc) is 3.14. The normalized spacial score (nSPS) is 45.4. The van der Waals surface area contributed by atoms with E-state index in [9.17, 15) is 23.2 Å². The topological polar surface area (TPSA) is 104 Å². The molecule has 4 fully saturated rings. The Labute approximate surface area is 219 Å². The lowest BCUT2D eigenvalue weighted by atomic mass is 9.43. The van der Waals surface area contributed by atoms with Gasteiger partial charge in [0.2, 0.25) is 0 Å². The van der Waals surface area contributed by atoms with E-state index in [1.54, 1.807) is 0 Å². The number of aliphatic hydroxyl groups excluding tert-OH is 2. The molecule has 0 heterocycles. The number of aliphatic hydroxyl groups is 2. The van der Waals surface area contributed by atoms with Gasteiger partial charge in [0, 0.05) is 0 Å². The molecule has 6 unspecified atom stereocenters. The Hall–Kier alpha value is -0.210. The average molecular weight is 529 g/mol. The number of rotatable bonds is 8. The van der Waals surface area contributed by atoms with Crippen LogP contribution in [0.4, 0.5) is 0 Å². The zero-order valence-electron chi connectivity index (χ0n) is 23.4. The molecule has 0 aromatic heterocycles. The fourth-order valence-corrected chi connectivity index (χ4v) is 10.8. The van der Waals surface area contributed by atoms with E-state index in [1.807, 2.05) is 13.8 Å². The summed E-state index contributed by atoms with van der Waals surface area (Å²) in [5.74, 6) is 3.57. The number of hydrogen-bond donors (Lipinski definition) is 3. The van der Waals surface area contributed by atoms with E-state index < -0.39 is 22.6 Å². The summed E-state index contributed by atoms with van der Waals surface area (Å²) in [6.07, 6.45) is 10.5. The number of fused-ring (bicyclic) bond motifs is 5. The molecule has 210 valence electrons. The minimum absolute atomic E-state index is 0.177. The van der Waals surface area contributed by atoms with Crippen molar-refractivity contribution >= 4 is 10.4 Å². The lowest BCUT2D eigenvalue weighted by Crippen LogP contribution is -2.58. The summed E-state index contributed by atoms with van der Waals surface area (Å²) in [5, 5.41) is 21.6. The molecule has 0 saturated heterocycles. The quantitative estimate of drug-likeness (QED) is 0.340. The van der Waals surface area contributed by atoms with Gasteiger partial charge in [0.15, 0.2) is 0 Å². The Bertz CT molecular complexity index is 890. The van der Waals surface area contributed by atoms with Gasteiger partial charge in [-0.1, -0.05) is 48.0 Å². The van der Waals surface area contributed by atoms with Gasteiger partial charge >= 0.3 is 10.4 Å². The van der Waals surface area contributed by atoms with Gasteiger partial charge < -0.3 is 10.2 Å². The Morgan fingerprint density at radius 1 is 1.00 bits per heavy atom. The first-order valence-corrected chi connectivity index (χ1v) is 16.0. The lowest BCUT2D eigenvalue weighted by molar-refractivity contribution is -0.169. The van der Waals surface area contributed by atoms with E-state index in [-0.39, 0.29) is 17.4 Å². The van der Waals surface area contributed by atoms with Crippen molar-refractivity contribution in [3.8, 4) is 0 Å². The Morgan fingerprint density at radius 3 is 2.25 bits per heavy atom. The molecule has 11 atom stereocenters. The van der Waals surface area contributed by atoms with Crippen LogP contribution in [0.5, 0.6) is 0 Å². The summed E-state index contributed by atoms with van der Waals surface area (Å²) >= 11 is 0. The minimum Gasteiger partial charge on any atom is -0.393 e. The van der Waals surface area contributed by atoms with Crippen molar-refractivity contribution in [2.45, 2.75) is 117 Å². The van der Waals surface area contributed by atoms with Crippen LogP contribution in [-0.4, -0.2) is 41.5 Å². The van der Waals surface area contributed by atoms with Crippen LogP contribution < -0.4 is 0 Å². The van der Waals surface area contributed by atoms with Crippen LogP contribution in [0.15, 0.2) is 0 Å². The fourth-order valence-electron chi connectivity index (χ4n) is 10.0. The van der Waals surface area contributed by atoms with Gasteiger partial charge in [-0.3, -0.25) is 4.55 Å². The smallest absolute Gasteiger partial charge is 0.393 e. The molecule has 4 rings (SSSR count). The summed E-state index contributed by atoms with van der Waals surface area (Å²) < 4.78 is 37.6. The van der Waals surface area contributed by atoms with Crippen molar-refractivity contribution in [1.29, 1.82) is 0 Å². The summed E-state index contributed by atoms with van der Waals surface area (Å²) in [4.78, 5) is 0. The van der Waals surface area contributed by atoms with E-state index in [0.29, 0.717) is 47.3 Å². The molecular weight excluding hydrogens is 476 g/mol. The molecular formula is C29H52O6S. The zero-order valence-corrected chi connectivity index (χ0v) is 24.3. The standard InChI is InChI=1S/C29H52O6S/c1-18(2)29(17-30,35-36(32,33)34)14-10-20(4)22-7-8-23-26-24(11-13-28(22,23)6)27(5)12-9-19(3)15-21(27)16-25(26)31/h18-26,30-31H,7-17H2,1-6H3,(H,32,33,34)/t19-,20+,21+,22?,23?,24?,25?,26?,27-,28+,29?/m0/s1. The summed E-state index contributed by atoms with van der Waals surface area (Å²) in [6, 6.07) is 0. The molecule has 0 amide bonds. The molecule has 7 heteroatoms. The molecule has 36 heavy (non-hydrogen) atoms. The van der Waals surface area contributed by atoms with E-state index in [2.05, 4.69) is 27.7 Å². The summed E-state index contributed by atoms with van der Waals surface area (Å²) in [6.45, 7) is 12.8.